The van der Waals surface area contributed by atoms with Gasteiger partial charge in [0, 0.05) is 9.35 Å². The van der Waals surface area contributed by atoms with Gasteiger partial charge < -0.3 is 4.74 Å². The highest BCUT2D eigenvalue weighted by atomic mass is 79.9. The lowest BCUT2D eigenvalue weighted by Gasteiger charge is -2.14. The molecule has 2 aromatic rings. The second-order valence-electron chi connectivity index (χ2n) is 5.33. The Morgan fingerprint density at radius 1 is 1.41 bits per heavy atom. The summed E-state index contributed by atoms with van der Waals surface area (Å²) in [6.07, 6.45) is 0. The molecule has 0 saturated carbocycles. The van der Waals surface area contributed by atoms with Gasteiger partial charge in [0.05, 0.1) is 5.69 Å². The van der Waals surface area contributed by atoms with Crippen molar-refractivity contribution in [1.82, 2.24) is 4.98 Å². The number of halogens is 1. The number of nitrogens with zero attached hydrogens (tertiary/aromatic N) is 1. The van der Waals surface area contributed by atoms with E-state index < -0.39 is 0 Å². The van der Waals surface area contributed by atoms with E-state index in [1.165, 1.54) is 11.3 Å². The van der Waals surface area contributed by atoms with E-state index in [4.69, 9.17) is 4.74 Å². The summed E-state index contributed by atoms with van der Waals surface area (Å²) < 4.78 is 6.67. The van der Waals surface area contributed by atoms with Gasteiger partial charge in [-0.25, -0.2) is 4.98 Å². The van der Waals surface area contributed by atoms with Crippen LogP contribution in [0.15, 0.2) is 22.7 Å². The van der Waals surface area contributed by atoms with Gasteiger partial charge in [0.1, 0.15) is 5.75 Å². The van der Waals surface area contributed by atoms with Crippen LogP contribution in [-0.2, 0) is 4.79 Å². The number of nitrogens with one attached hydrogen (secondary N) is 1. The fourth-order valence-electron chi connectivity index (χ4n) is 1.93. The molecule has 2 rings (SSSR count). The number of rotatable bonds is 5. The van der Waals surface area contributed by atoms with E-state index in [0.717, 1.165) is 26.4 Å². The Labute approximate surface area is 143 Å². The molecule has 0 radical (unpaired) electrons. The number of amides is 1. The lowest BCUT2D eigenvalue weighted by atomic mass is 10.0. The van der Waals surface area contributed by atoms with E-state index in [2.05, 4.69) is 40.1 Å². The molecule has 0 aliphatic carbocycles. The van der Waals surface area contributed by atoms with Gasteiger partial charge in [0.15, 0.2) is 11.7 Å². The molecule has 0 aliphatic heterocycles. The zero-order chi connectivity index (χ0) is 16.3. The van der Waals surface area contributed by atoms with Gasteiger partial charge in [0.25, 0.3) is 5.91 Å². The van der Waals surface area contributed by atoms with Crippen LogP contribution in [0.3, 0.4) is 0 Å². The van der Waals surface area contributed by atoms with Crippen LogP contribution >= 0.6 is 27.3 Å². The van der Waals surface area contributed by atoms with Gasteiger partial charge >= 0.3 is 0 Å². The normalized spacial score (nSPS) is 10.8. The number of thiazole rings is 1. The first-order valence-electron chi connectivity index (χ1n) is 7.03. The van der Waals surface area contributed by atoms with Crippen LogP contribution in [0, 0.1) is 13.8 Å². The molecule has 1 amide bonds. The number of ether oxygens (including phenoxy) is 1. The summed E-state index contributed by atoms with van der Waals surface area (Å²) in [5.41, 5.74) is 2.01. The summed E-state index contributed by atoms with van der Waals surface area (Å²) in [4.78, 5) is 17.4. The Bertz CT molecular complexity index is 663. The molecule has 4 nitrogen and oxygen atoms in total. The minimum Gasteiger partial charge on any atom is -0.483 e. The van der Waals surface area contributed by atoms with Crippen molar-refractivity contribution in [2.24, 2.45) is 0 Å². The highest BCUT2D eigenvalue weighted by Gasteiger charge is 2.12. The molecule has 0 spiro atoms. The minimum absolute atomic E-state index is 0.0287. The third-order valence-electron chi connectivity index (χ3n) is 3.23. The highest BCUT2D eigenvalue weighted by Crippen LogP contribution is 2.29. The van der Waals surface area contributed by atoms with Gasteiger partial charge in [-0.1, -0.05) is 29.8 Å². The van der Waals surface area contributed by atoms with Crippen molar-refractivity contribution in [2.45, 2.75) is 33.6 Å². The van der Waals surface area contributed by atoms with E-state index in [1.807, 2.05) is 32.0 Å². The summed E-state index contributed by atoms with van der Waals surface area (Å²) in [6, 6.07) is 5.81. The summed E-state index contributed by atoms with van der Waals surface area (Å²) in [6.45, 7) is 8.06. The van der Waals surface area contributed by atoms with Crippen molar-refractivity contribution < 1.29 is 9.53 Å². The lowest BCUT2D eigenvalue weighted by molar-refractivity contribution is -0.118. The van der Waals surface area contributed by atoms with Gasteiger partial charge in [-0.15, -0.1) is 11.3 Å². The summed E-state index contributed by atoms with van der Waals surface area (Å²) >= 11 is 4.93. The Morgan fingerprint density at radius 3 is 2.73 bits per heavy atom. The van der Waals surface area contributed by atoms with Gasteiger partial charge in [0.2, 0.25) is 0 Å². The molecule has 1 aromatic heterocycles. The molecule has 118 valence electrons. The van der Waals surface area contributed by atoms with Gasteiger partial charge in [-0.2, -0.15) is 0 Å². The Kier molecular flexibility index (Phi) is 5.58. The summed E-state index contributed by atoms with van der Waals surface area (Å²) in [5.74, 6) is 0.853. The Balaban J connectivity index is 1.99. The Hall–Kier alpha value is -1.40. The molecule has 1 heterocycles. The van der Waals surface area contributed by atoms with Crippen molar-refractivity contribution in [1.29, 1.82) is 0 Å². The molecule has 6 heteroatoms. The fourth-order valence-corrected chi connectivity index (χ4v) is 3.14. The van der Waals surface area contributed by atoms with E-state index in [1.54, 1.807) is 0 Å². The van der Waals surface area contributed by atoms with Crippen molar-refractivity contribution in [3.05, 3.63) is 38.8 Å². The van der Waals surface area contributed by atoms with Crippen LogP contribution < -0.4 is 10.1 Å². The number of benzene rings is 1. The standard InChI is InChI=1S/C16H19BrN2O2S/c1-9(2)13-7-12(17)5-6-14(13)21-8-15(20)19-16-18-10(3)11(4)22-16/h5-7,9H,8H2,1-4H3,(H,18,19,20). The lowest BCUT2D eigenvalue weighted by Crippen LogP contribution is -2.20. The summed E-state index contributed by atoms with van der Waals surface area (Å²) in [7, 11) is 0. The van der Waals surface area contributed by atoms with E-state index in [-0.39, 0.29) is 12.5 Å². The van der Waals surface area contributed by atoms with Crippen LogP contribution in [0.1, 0.15) is 35.9 Å². The molecule has 0 aliphatic rings. The molecule has 0 atom stereocenters. The molecule has 22 heavy (non-hydrogen) atoms. The second-order valence-corrected chi connectivity index (χ2v) is 7.45. The number of anilines is 1. The number of aryl methyl sites for hydroxylation is 2. The second kappa shape index (κ2) is 7.24. The minimum atomic E-state index is -0.202. The van der Waals surface area contributed by atoms with E-state index >= 15 is 0 Å². The van der Waals surface area contributed by atoms with Crippen molar-refractivity contribution in [3.63, 3.8) is 0 Å². The molecule has 0 fully saturated rings. The van der Waals surface area contributed by atoms with Crippen LogP contribution in [0.4, 0.5) is 5.13 Å². The molecular weight excluding hydrogens is 364 g/mol. The summed E-state index contributed by atoms with van der Waals surface area (Å²) in [5, 5.41) is 3.38. The number of aromatic nitrogens is 1. The first-order valence-corrected chi connectivity index (χ1v) is 8.64. The third-order valence-corrected chi connectivity index (χ3v) is 4.71. The average molecular weight is 383 g/mol. The van der Waals surface area contributed by atoms with Crippen molar-refractivity contribution in [2.75, 3.05) is 11.9 Å². The monoisotopic (exact) mass is 382 g/mol. The smallest absolute Gasteiger partial charge is 0.264 e. The van der Waals surface area contributed by atoms with E-state index in [9.17, 15) is 4.79 Å². The van der Waals surface area contributed by atoms with Crippen LogP contribution in [0.25, 0.3) is 0 Å². The fraction of sp³-hybridized carbons (Fsp3) is 0.375. The van der Waals surface area contributed by atoms with Crippen molar-refractivity contribution >= 4 is 38.3 Å². The predicted molar refractivity (Wildman–Crippen MR) is 93.9 cm³/mol. The maximum absolute atomic E-state index is 12.0. The van der Waals surface area contributed by atoms with E-state index in [0.29, 0.717) is 11.0 Å². The molecule has 0 bridgehead atoms. The SMILES string of the molecule is Cc1nc(NC(=O)COc2ccc(Br)cc2C(C)C)sc1C. The number of carbonyl (C=O) groups excluding carboxylic acids is 1. The molecule has 0 saturated heterocycles. The number of carbonyl (C=O) groups is 1. The maximum atomic E-state index is 12.0. The van der Waals surface area contributed by atoms with Gasteiger partial charge in [-0.05, 0) is 43.5 Å². The van der Waals surface area contributed by atoms with Crippen LogP contribution in [-0.4, -0.2) is 17.5 Å². The van der Waals surface area contributed by atoms with Crippen LogP contribution in [0.5, 0.6) is 5.75 Å². The molecule has 0 unspecified atom stereocenters. The molecular formula is C16H19BrN2O2S. The first kappa shape index (κ1) is 17.0. The quantitative estimate of drug-likeness (QED) is 0.817. The highest BCUT2D eigenvalue weighted by molar-refractivity contribution is 9.10. The molecule has 1 aromatic carbocycles. The number of hydrogen-bond donors (Lipinski definition) is 1. The largest absolute Gasteiger partial charge is 0.483 e. The maximum Gasteiger partial charge on any atom is 0.264 e. The zero-order valence-corrected chi connectivity index (χ0v) is 15.5. The Morgan fingerprint density at radius 2 is 2.14 bits per heavy atom. The molecule has 1 N–H and O–H groups in total. The predicted octanol–water partition coefficient (Wildman–Crippen LogP) is 4.66. The van der Waals surface area contributed by atoms with Crippen LogP contribution in [0.2, 0.25) is 0 Å². The third kappa shape index (κ3) is 4.30. The number of hydrogen-bond acceptors (Lipinski definition) is 4. The first-order chi connectivity index (χ1) is 10.4. The average Bonchev–Trinajstić information content (AvgIpc) is 2.75. The zero-order valence-electron chi connectivity index (χ0n) is 13.1. The topological polar surface area (TPSA) is 51.2 Å². The van der Waals surface area contributed by atoms with Crippen molar-refractivity contribution in [3.8, 4) is 5.75 Å². The van der Waals surface area contributed by atoms with Gasteiger partial charge in [-0.3, -0.25) is 10.1 Å².